The second-order valence-electron chi connectivity index (χ2n) is 4.70. The number of carbonyl (C=O) groups excluding carboxylic acids is 1. The first kappa shape index (κ1) is 16.1. The molecule has 0 aliphatic carbocycles. The summed E-state index contributed by atoms with van der Waals surface area (Å²) in [6.07, 6.45) is 1.52. The summed E-state index contributed by atoms with van der Waals surface area (Å²) in [7, 11) is -0.636. The number of anilines is 1. The summed E-state index contributed by atoms with van der Waals surface area (Å²) in [6, 6.07) is 9.08. The molecule has 0 atom stereocenters. The molecule has 1 aromatic carbocycles. The number of hydrogen-bond acceptors (Lipinski definition) is 4. The highest BCUT2D eigenvalue weighted by Crippen LogP contribution is 2.17. The average Bonchev–Trinajstić information content (AvgIpc) is 2.98. The number of urea groups is 1. The first-order chi connectivity index (χ1) is 10.4. The van der Waals surface area contributed by atoms with Gasteiger partial charge in [0.05, 0.1) is 17.7 Å². The summed E-state index contributed by atoms with van der Waals surface area (Å²) in [5, 5.41) is 5.19. The molecule has 8 heteroatoms. The standard InChI is InChI=1S/C14H17N3O4S/c1-17(2)22(19,20)13-7-3-5-11(9-13)16-14(18)15-10-12-6-4-8-21-12/h3-9H,10H2,1-2H3,(H2,15,16,18). The molecule has 2 aromatic rings. The number of nitrogens with one attached hydrogen (secondary N) is 2. The lowest BCUT2D eigenvalue weighted by atomic mass is 10.3. The zero-order chi connectivity index (χ0) is 16.2. The van der Waals surface area contributed by atoms with Gasteiger partial charge in [-0.25, -0.2) is 17.5 Å². The minimum Gasteiger partial charge on any atom is -0.467 e. The van der Waals surface area contributed by atoms with E-state index >= 15 is 0 Å². The van der Waals surface area contributed by atoms with Gasteiger partial charge in [0.1, 0.15) is 5.76 Å². The van der Waals surface area contributed by atoms with Crippen LogP contribution >= 0.6 is 0 Å². The molecule has 0 aliphatic heterocycles. The molecule has 0 aliphatic rings. The number of carbonyl (C=O) groups is 1. The van der Waals surface area contributed by atoms with Gasteiger partial charge in [0.2, 0.25) is 10.0 Å². The lowest BCUT2D eigenvalue weighted by Gasteiger charge is -2.12. The third-order valence-electron chi connectivity index (χ3n) is 2.87. The van der Waals surface area contributed by atoms with E-state index in [2.05, 4.69) is 10.6 Å². The molecule has 0 unspecified atom stereocenters. The van der Waals surface area contributed by atoms with Crippen LogP contribution < -0.4 is 10.6 Å². The van der Waals surface area contributed by atoms with Crippen LogP contribution in [0.25, 0.3) is 0 Å². The second-order valence-corrected chi connectivity index (χ2v) is 6.85. The number of hydrogen-bond donors (Lipinski definition) is 2. The number of rotatable bonds is 5. The van der Waals surface area contributed by atoms with Crippen molar-refractivity contribution in [1.82, 2.24) is 9.62 Å². The van der Waals surface area contributed by atoms with Gasteiger partial charge in [-0.05, 0) is 30.3 Å². The van der Waals surface area contributed by atoms with Crippen molar-refractivity contribution < 1.29 is 17.6 Å². The first-order valence-electron chi connectivity index (χ1n) is 6.49. The molecule has 7 nitrogen and oxygen atoms in total. The van der Waals surface area contributed by atoms with Crippen LogP contribution in [-0.2, 0) is 16.6 Å². The third kappa shape index (κ3) is 3.86. The van der Waals surface area contributed by atoms with Crippen molar-refractivity contribution in [1.29, 1.82) is 0 Å². The molecule has 2 rings (SSSR count). The van der Waals surface area contributed by atoms with Crippen LogP contribution in [0, 0.1) is 0 Å². The minimum atomic E-state index is -3.54. The zero-order valence-corrected chi connectivity index (χ0v) is 13.1. The Bertz CT molecular complexity index is 739. The van der Waals surface area contributed by atoms with Crippen LogP contribution in [0.4, 0.5) is 10.5 Å². The summed E-state index contributed by atoms with van der Waals surface area (Å²) in [6.45, 7) is 0.245. The van der Waals surface area contributed by atoms with Gasteiger partial charge in [-0.15, -0.1) is 0 Å². The number of nitrogens with zero attached hydrogens (tertiary/aromatic N) is 1. The molecule has 2 amide bonds. The van der Waals surface area contributed by atoms with Crippen molar-refractivity contribution in [2.24, 2.45) is 0 Å². The van der Waals surface area contributed by atoms with E-state index in [-0.39, 0.29) is 11.4 Å². The summed E-state index contributed by atoms with van der Waals surface area (Å²) >= 11 is 0. The van der Waals surface area contributed by atoms with Crippen molar-refractivity contribution in [3.8, 4) is 0 Å². The predicted molar refractivity (Wildman–Crippen MR) is 81.9 cm³/mol. The molecule has 0 fully saturated rings. The van der Waals surface area contributed by atoms with Gasteiger partial charge in [0.15, 0.2) is 0 Å². The topological polar surface area (TPSA) is 91.7 Å². The number of furan rings is 1. The fourth-order valence-corrected chi connectivity index (χ4v) is 2.65. The summed E-state index contributed by atoms with van der Waals surface area (Å²) in [4.78, 5) is 11.9. The molecule has 1 heterocycles. The molecule has 0 bridgehead atoms. The zero-order valence-electron chi connectivity index (χ0n) is 12.2. The number of sulfonamides is 1. The maximum atomic E-state index is 12.0. The molecule has 118 valence electrons. The maximum Gasteiger partial charge on any atom is 0.319 e. The molecule has 1 aromatic heterocycles. The SMILES string of the molecule is CN(C)S(=O)(=O)c1cccc(NC(=O)NCc2ccco2)c1. The van der Waals surface area contributed by atoms with E-state index < -0.39 is 16.1 Å². The molecular weight excluding hydrogens is 306 g/mol. The van der Waals surface area contributed by atoms with Gasteiger partial charge in [-0.2, -0.15) is 0 Å². The highest BCUT2D eigenvalue weighted by Gasteiger charge is 2.17. The second kappa shape index (κ2) is 6.63. The summed E-state index contributed by atoms with van der Waals surface area (Å²) in [5.41, 5.74) is 0.389. The van der Waals surface area contributed by atoms with Crippen molar-refractivity contribution >= 4 is 21.7 Å². The van der Waals surface area contributed by atoms with E-state index in [0.29, 0.717) is 11.4 Å². The molecule has 2 N–H and O–H groups in total. The van der Waals surface area contributed by atoms with Crippen LogP contribution in [0.3, 0.4) is 0 Å². The van der Waals surface area contributed by atoms with Crippen LogP contribution in [0.15, 0.2) is 52.0 Å². The lowest BCUT2D eigenvalue weighted by molar-refractivity contribution is 0.251. The van der Waals surface area contributed by atoms with Gasteiger partial charge < -0.3 is 15.1 Å². The molecule has 0 spiro atoms. The van der Waals surface area contributed by atoms with Gasteiger partial charge >= 0.3 is 6.03 Å². The van der Waals surface area contributed by atoms with Crippen LogP contribution in [0.5, 0.6) is 0 Å². The smallest absolute Gasteiger partial charge is 0.319 e. The predicted octanol–water partition coefficient (Wildman–Crippen LogP) is 1.85. The van der Waals surface area contributed by atoms with Gasteiger partial charge in [-0.3, -0.25) is 0 Å². The van der Waals surface area contributed by atoms with Crippen molar-refractivity contribution in [2.45, 2.75) is 11.4 Å². The van der Waals surface area contributed by atoms with E-state index in [9.17, 15) is 13.2 Å². The van der Waals surface area contributed by atoms with E-state index in [1.807, 2.05) is 0 Å². The van der Waals surface area contributed by atoms with E-state index in [1.54, 1.807) is 24.3 Å². The van der Waals surface area contributed by atoms with E-state index in [0.717, 1.165) is 4.31 Å². The molecule has 0 saturated heterocycles. The Morgan fingerprint density at radius 3 is 2.64 bits per heavy atom. The first-order valence-corrected chi connectivity index (χ1v) is 7.93. The van der Waals surface area contributed by atoms with Crippen LogP contribution in [-0.4, -0.2) is 32.8 Å². The quantitative estimate of drug-likeness (QED) is 0.878. The van der Waals surface area contributed by atoms with Crippen LogP contribution in [0.1, 0.15) is 5.76 Å². The van der Waals surface area contributed by atoms with Gasteiger partial charge in [0, 0.05) is 19.8 Å². The van der Waals surface area contributed by atoms with Crippen molar-refractivity contribution in [3.63, 3.8) is 0 Å². The highest BCUT2D eigenvalue weighted by molar-refractivity contribution is 7.89. The maximum absolute atomic E-state index is 12.0. The Balaban J connectivity index is 2.02. The van der Waals surface area contributed by atoms with Crippen molar-refractivity contribution in [2.75, 3.05) is 19.4 Å². The third-order valence-corrected chi connectivity index (χ3v) is 4.68. The van der Waals surface area contributed by atoms with Gasteiger partial charge in [0.25, 0.3) is 0 Å². The van der Waals surface area contributed by atoms with E-state index in [4.69, 9.17) is 4.42 Å². The Hall–Kier alpha value is -2.32. The number of amides is 2. The van der Waals surface area contributed by atoms with Crippen molar-refractivity contribution in [3.05, 3.63) is 48.4 Å². The fourth-order valence-electron chi connectivity index (χ4n) is 1.70. The Morgan fingerprint density at radius 1 is 1.23 bits per heavy atom. The lowest BCUT2D eigenvalue weighted by Crippen LogP contribution is -2.28. The summed E-state index contributed by atoms with van der Waals surface area (Å²) in [5.74, 6) is 0.624. The minimum absolute atomic E-state index is 0.112. The Kier molecular flexibility index (Phi) is 4.84. The molecule has 22 heavy (non-hydrogen) atoms. The largest absolute Gasteiger partial charge is 0.467 e. The Labute approximate surface area is 129 Å². The average molecular weight is 323 g/mol. The normalized spacial score (nSPS) is 11.4. The Morgan fingerprint density at radius 2 is 2.00 bits per heavy atom. The fraction of sp³-hybridized carbons (Fsp3) is 0.214. The highest BCUT2D eigenvalue weighted by atomic mass is 32.2. The number of benzene rings is 1. The monoisotopic (exact) mass is 323 g/mol. The molecule has 0 saturated carbocycles. The van der Waals surface area contributed by atoms with Gasteiger partial charge in [-0.1, -0.05) is 6.07 Å². The van der Waals surface area contributed by atoms with Crippen LogP contribution in [0.2, 0.25) is 0 Å². The summed E-state index contributed by atoms with van der Waals surface area (Å²) < 4.78 is 30.3. The molecule has 0 radical (unpaired) electrons. The van der Waals surface area contributed by atoms with E-state index in [1.165, 1.54) is 32.5 Å². The molecular formula is C14H17N3O4S.